The third-order valence-electron chi connectivity index (χ3n) is 4.16. The van der Waals surface area contributed by atoms with Crippen molar-refractivity contribution in [3.8, 4) is 5.75 Å². The molecule has 1 saturated heterocycles. The van der Waals surface area contributed by atoms with Gasteiger partial charge >= 0.3 is 0 Å². The van der Waals surface area contributed by atoms with Crippen molar-refractivity contribution >= 4 is 45.8 Å². The van der Waals surface area contributed by atoms with Crippen molar-refractivity contribution in [1.29, 1.82) is 0 Å². The molecule has 0 saturated carbocycles. The van der Waals surface area contributed by atoms with E-state index in [1.54, 1.807) is 25.2 Å². The molecule has 0 radical (unpaired) electrons. The van der Waals surface area contributed by atoms with Crippen LogP contribution in [0, 0.1) is 0 Å². The lowest BCUT2D eigenvalue weighted by Gasteiger charge is -2.12. The third kappa shape index (κ3) is 2.24. The van der Waals surface area contributed by atoms with Gasteiger partial charge in [0, 0.05) is 12.6 Å². The second-order valence-electron chi connectivity index (χ2n) is 5.61. The van der Waals surface area contributed by atoms with Crippen molar-refractivity contribution in [2.45, 2.75) is 0 Å². The van der Waals surface area contributed by atoms with E-state index in [-0.39, 0.29) is 22.1 Å². The van der Waals surface area contributed by atoms with Gasteiger partial charge in [0.25, 0.3) is 17.1 Å². The largest absolute Gasteiger partial charge is 0.508 e. The Labute approximate surface area is 147 Å². The number of fused-ring (bicyclic) bond motifs is 1. The molecule has 0 unspecified atom stereocenters. The highest BCUT2D eigenvalue weighted by Gasteiger charge is 2.43. The fourth-order valence-corrected chi connectivity index (χ4v) is 3.86. The van der Waals surface area contributed by atoms with Crippen LogP contribution in [-0.4, -0.2) is 29.2 Å². The molecule has 3 amide bonds. The zero-order valence-corrected chi connectivity index (χ0v) is 13.9. The van der Waals surface area contributed by atoms with Gasteiger partial charge < -0.3 is 10.0 Å². The number of para-hydroxylation sites is 1. The maximum absolute atomic E-state index is 12.8. The number of carbonyl (C=O) groups is 3. The molecule has 2 aliphatic heterocycles. The number of aromatic hydroxyl groups is 1. The highest BCUT2D eigenvalue weighted by Crippen LogP contribution is 2.44. The van der Waals surface area contributed by atoms with Crippen molar-refractivity contribution in [1.82, 2.24) is 0 Å². The minimum Gasteiger partial charge on any atom is -0.508 e. The number of nitrogens with zero attached hydrogens (tertiary/aromatic N) is 2. The predicted molar refractivity (Wildman–Crippen MR) is 95.4 cm³/mol. The zero-order chi connectivity index (χ0) is 17.7. The van der Waals surface area contributed by atoms with Crippen molar-refractivity contribution in [3.05, 3.63) is 59.0 Å². The number of phenolic OH excluding ortho intramolecular Hbond substituents is 1. The van der Waals surface area contributed by atoms with Gasteiger partial charge in [0.15, 0.2) is 0 Å². The number of rotatable bonds is 1. The van der Waals surface area contributed by atoms with Gasteiger partial charge in [0.1, 0.15) is 5.75 Å². The smallest absolute Gasteiger partial charge is 0.298 e. The number of likely N-dealkylation sites (N-methyl/N-ethyl adjacent to an activating group) is 1. The van der Waals surface area contributed by atoms with Crippen LogP contribution in [0.25, 0.3) is 5.57 Å². The summed E-state index contributed by atoms with van der Waals surface area (Å²) in [7, 11) is 1.64. The molecule has 2 aromatic rings. The molecule has 2 heterocycles. The summed E-state index contributed by atoms with van der Waals surface area (Å²) in [6.07, 6.45) is 0. The topological polar surface area (TPSA) is 77.9 Å². The summed E-state index contributed by atoms with van der Waals surface area (Å²) in [5.41, 5.74) is 1.95. The van der Waals surface area contributed by atoms with Crippen LogP contribution in [0.15, 0.2) is 53.4 Å². The van der Waals surface area contributed by atoms with E-state index in [1.807, 2.05) is 6.07 Å². The van der Waals surface area contributed by atoms with Gasteiger partial charge in [-0.25, -0.2) is 4.90 Å². The monoisotopic (exact) mass is 352 g/mol. The third-order valence-corrected chi connectivity index (χ3v) is 5.10. The summed E-state index contributed by atoms with van der Waals surface area (Å²) in [5, 5.41) is 8.90. The molecule has 0 bridgehead atoms. The first-order valence-electron chi connectivity index (χ1n) is 7.46. The molecular formula is C18H12N2O4S. The van der Waals surface area contributed by atoms with E-state index in [0.717, 1.165) is 16.7 Å². The van der Waals surface area contributed by atoms with Crippen molar-refractivity contribution in [2.75, 3.05) is 16.8 Å². The molecule has 0 spiro atoms. The summed E-state index contributed by atoms with van der Waals surface area (Å²) in [5.74, 6) is -0.804. The standard InChI is InChI=1S/C18H12N2O4S/c1-19-13-5-3-2-4-12(13)14(16(19)22)15-17(23)20(18(24)25-15)10-6-8-11(21)9-7-10/h2-9,21H,1H3. The maximum atomic E-state index is 12.8. The van der Waals surface area contributed by atoms with Crippen molar-refractivity contribution < 1.29 is 19.5 Å². The average Bonchev–Trinajstić information content (AvgIpc) is 3.03. The summed E-state index contributed by atoms with van der Waals surface area (Å²) >= 11 is 0.755. The Bertz CT molecular complexity index is 965. The number of thioether (sulfide) groups is 1. The van der Waals surface area contributed by atoms with E-state index < -0.39 is 11.1 Å². The number of anilines is 2. The number of carbonyl (C=O) groups excluding carboxylic acids is 3. The summed E-state index contributed by atoms with van der Waals surface area (Å²) in [4.78, 5) is 40.5. The summed E-state index contributed by atoms with van der Waals surface area (Å²) < 4.78 is 0. The molecule has 2 aliphatic rings. The number of hydrogen-bond donors (Lipinski definition) is 1. The highest BCUT2D eigenvalue weighted by molar-refractivity contribution is 8.19. The van der Waals surface area contributed by atoms with Crippen LogP contribution < -0.4 is 9.80 Å². The van der Waals surface area contributed by atoms with E-state index in [2.05, 4.69) is 0 Å². The Morgan fingerprint density at radius 1 is 0.920 bits per heavy atom. The zero-order valence-electron chi connectivity index (χ0n) is 13.1. The van der Waals surface area contributed by atoms with Crippen LogP contribution in [0.3, 0.4) is 0 Å². The Balaban J connectivity index is 1.84. The lowest BCUT2D eigenvalue weighted by atomic mass is 10.1. The van der Waals surface area contributed by atoms with Crippen LogP contribution in [-0.2, 0) is 9.59 Å². The summed E-state index contributed by atoms with van der Waals surface area (Å²) in [6, 6.07) is 12.9. The van der Waals surface area contributed by atoms with Gasteiger partial charge in [0.05, 0.1) is 21.9 Å². The molecular weight excluding hydrogens is 340 g/mol. The molecule has 0 aliphatic carbocycles. The second-order valence-corrected chi connectivity index (χ2v) is 6.57. The molecule has 0 atom stereocenters. The van der Waals surface area contributed by atoms with Gasteiger partial charge in [-0.3, -0.25) is 14.4 Å². The first-order valence-corrected chi connectivity index (χ1v) is 8.27. The maximum Gasteiger partial charge on any atom is 0.298 e. The first kappa shape index (κ1) is 15.5. The lowest BCUT2D eigenvalue weighted by Crippen LogP contribution is -2.28. The first-order chi connectivity index (χ1) is 12.0. The number of benzene rings is 2. The van der Waals surface area contributed by atoms with Crippen LogP contribution in [0.1, 0.15) is 5.56 Å². The fourth-order valence-electron chi connectivity index (χ4n) is 2.93. The molecule has 1 fully saturated rings. The van der Waals surface area contributed by atoms with Gasteiger partial charge in [0.2, 0.25) is 0 Å². The molecule has 2 aromatic carbocycles. The highest BCUT2D eigenvalue weighted by atomic mass is 32.2. The van der Waals surface area contributed by atoms with Crippen molar-refractivity contribution in [2.24, 2.45) is 0 Å². The van der Waals surface area contributed by atoms with Crippen LogP contribution in [0.2, 0.25) is 0 Å². The summed E-state index contributed by atoms with van der Waals surface area (Å²) in [6.45, 7) is 0. The van der Waals surface area contributed by atoms with Crippen LogP contribution in [0.4, 0.5) is 16.2 Å². The Kier molecular flexibility index (Phi) is 3.40. The fraction of sp³-hybridized carbons (Fsp3) is 0.0556. The number of phenols is 1. The van der Waals surface area contributed by atoms with E-state index in [4.69, 9.17) is 0 Å². The SMILES string of the molecule is CN1C(=O)C(=C2SC(=O)N(c3ccc(O)cc3)C2=O)c2ccccc21. The van der Waals surface area contributed by atoms with Gasteiger partial charge in [-0.1, -0.05) is 18.2 Å². The molecule has 4 rings (SSSR count). The second kappa shape index (κ2) is 5.49. The molecule has 1 N–H and O–H groups in total. The van der Waals surface area contributed by atoms with Gasteiger partial charge in [-0.15, -0.1) is 0 Å². The van der Waals surface area contributed by atoms with Crippen LogP contribution >= 0.6 is 11.8 Å². The van der Waals surface area contributed by atoms with E-state index in [0.29, 0.717) is 16.9 Å². The number of hydrogen-bond acceptors (Lipinski definition) is 5. The molecule has 7 heteroatoms. The minimum absolute atomic E-state index is 0.0376. The van der Waals surface area contributed by atoms with Gasteiger partial charge in [-0.2, -0.15) is 0 Å². The number of amides is 3. The molecule has 0 aromatic heterocycles. The van der Waals surface area contributed by atoms with E-state index in [9.17, 15) is 19.5 Å². The Morgan fingerprint density at radius 2 is 1.60 bits per heavy atom. The van der Waals surface area contributed by atoms with Crippen molar-refractivity contribution in [3.63, 3.8) is 0 Å². The van der Waals surface area contributed by atoms with E-state index >= 15 is 0 Å². The predicted octanol–water partition coefficient (Wildman–Crippen LogP) is 2.98. The molecule has 124 valence electrons. The average molecular weight is 352 g/mol. The number of imide groups is 1. The quantitative estimate of drug-likeness (QED) is 0.799. The molecule has 25 heavy (non-hydrogen) atoms. The Hall–Kier alpha value is -3.06. The Morgan fingerprint density at radius 3 is 2.32 bits per heavy atom. The minimum atomic E-state index is -0.533. The normalized spacial score (nSPS) is 19.8. The molecule has 6 nitrogen and oxygen atoms in total. The lowest BCUT2D eigenvalue weighted by molar-refractivity contribution is -0.115. The van der Waals surface area contributed by atoms with Crippen LogP contribution in [0.5, 0.6) is 5.75 Å². The van der Waals surface area contributed by atoms with Gasteiger partial charge in [-0.05, 0) is 42.1 Å². The van der Waals surface area contributed by atoms with E-state index in [1.165, 1.54) is 29.2 Å².